The van der Waals surface area contributed by atoms with Gasteiger partial charge in [0, 0.05) is 25.6 Å². The first kappa shape index (κ1) is 21.1. The Bertz CT molecular complexity index is 1270. The highest BCUT2D eigenvalue weighted by molar-refractivity contribution is 7.22. The summed E-state index contributed by atoms with van der Waals surface area (Å²) in [6, 6.07) is 8.83. The summed E-state index contributed by atoms with van der Waals surface area (Å²) < 4.78 is 8.54. The topological polar surface area (TPSA) is 67.6 Å². The van der Waals surface area contributed by atoms with Gasteiger partial charge in [0.15, 0.2) is 10.8 Å². The van der Waals surface area contributed by atoms with Crippen molar-refractivity contribution < 1.29 is 4.74 Å². The first-order valence-electron chi connectivity index (χ1n) is 11.7. The molecule has 7 nitrogen and oxygen atoms in total. The van der Waals surface area contributed by atoms with Gasteiger partial charge in [0.2, 0.25) is 0 Å². The molecule has 0 radical (unpaired) electrons. The predicted octanol–water partition coefficient (Wildman–Crippen LogP) is 5.16. The van der Waals surface area contributed by atoms with Crippen LogP contribution < -0.4 is 10.2 Å². The minimum atomic E-state index is 0.530. The van der Waals surface area contributed by atoms with Crippen LogP contribution in [0.15, 0.2) is 30.5 Å². The van der Waals surface area contributed by atoms with E-state index in [1.165, 1.54) is 32.1 Å². The Morgan fingerprint density at radius 3 is 2.82 bits per heavy atom. The maximum absolute atomic E-state index is 6.66. The second kappa shape index (κ2) is 9.08. The van der Waals surface area contributed by atoms with Crippen molar-refractivity contribution in [2.45, 2.75) is 44.6 Å². The fourth-order valence-corrected chi connectivity index (χ4v) is 6.20. The van der Waals surface area contributed by atoms with E-state index in [1.807, 2.05) is 28.9 Å². The number of imidazole rings is 1. The summed E-state index contributed by atoms with van der Waals surface area (Å²) in [4.78, 5) is 11.6. The molecular formula is C24H27ClN6OS. The number of halogens is 1. The Morgan fingerprint density at radius 2 is 1.97 bits per heavy atom. The van der Waals surface area contributed by atoms with Crippen molar-refractivity contribution in [3.8, 4) is 0 Å². The lowest BCUT2D eigenvalue weighted by atomic mass is 9.96. The molecule has 0 unspecified atom stereocenters. The van der Waals surface area contributed by atoms with Crippen LogP contribution in [0.5, 0.6) is 0 Å². The summed E-state index contributed by atoms with van der Waals surface area (Å²) in [5, 5.41) is 10.2. The van der Waals surface area contributed by atoms with E-state index in [1.54, 1.807) is 11.3 Å². The van der Waals surface area contributed by atoms with Crippen LogP contribution in [0.4, 0.5) is 10.9 Å². The monoisotopic (exact) mass is 482 g/mol. The molecule has 1 saturated carbocycles. The predicted molar refractivity (Wildman–Crippen MR) is 134 cm³/mol. The molecule has 0 bridgehead atoms. The zero-order chi connectivity index (χ0) is 22.2. The molecule has 1 saturated heterocycles. The van der Waals surface area contributed by atoms with Crippen LogP contribution >= 0.6 is 22.9 Å². The minimum Gasteiger partial charge on any atom is -0.378 e. The molecule has 4 heterocycles. The van der Waals surface area contributed by atoms with Crippen molar-refractivity contribution in [1.29, 1.82) is 0 Å². The lowest BCUT2D eigenvalue weighted by molar-refractivity contribution is 0.122. The number of hydrogen-bond acceptors (Lipinski definition) is 7. The van der Waals surface area contributed by atoms with Gasteiger partial charge in [0.1, 0.15) is 11.3 Å². The van der Waals surface area contributed by atoms with Crippen LogP contribution in [-0.2, 0) is 11.2 Å². The van der Waals surface area contributed by atoms with Crippen molar-refractivity contribution >= 4 is 49.8 Å². The normalized spacial score (nSPS) is 17.8. The second-order valence-corrected chi connectivity index (χ2v) is 10.3. The van der Waals surface area contributed by atoms with Crippen molar-refractivity contribution in [3.63, 3.8) is 0 Å². The van der Waals surface area contributed by atoms with Gasteiger partial charge in [-0.3, -0.25) is 0 Å². The second-order valence-electron chi connectivity index (χ2n) is 8.91. The summed E-state index contributed by atoms with van der Waals surface area (Å²) in [7, 11) is 0. The summed E-state index contributed by atoms with van der Waals surface area (Å²) >= 11 is 8.36. The van der Waals surface area contributed by atoms with Crippen molar-refractivity contribution in [3.05, 3.63) is 46.7 Å². The number of morpholine rings is 1. The maximum Gasteiger partial charge on any atom is 0.184 e. The molecule has 1 aromatic carbocycles. The van der Waals surface area contributed by atoms with Crippen molar-refractivity contribution in [1.82, 2.24) is 19.6 Å². The number of nitrogens with zero attached hydrogens (tertiary/aromatic N) is 5. The molecular weight excluding hydrogens is 456 g/mol. The molecule has 1 aliphatic carbocycles. The quantitative estimate of drug-likeness (QED) is 0.423. The van der Waals surface area contributed by atoms with Crippen molar-refractivity contribution in [2.24, 2.45) is 0 Å². The van der Waals surface area contributed by atoms with Gasteiger partial charge < -0.3 is 15.0 Å². The lowest BCUT2D eigenvalue weighted by Crippen LogP contribution is -2.37. The molecule has 2 aliphatic rings. The Labute approximate surface area is 201 Å². The van der Waals surface area contributed by atoms with Gasteiger partial charge >= 0.3 is 0 Å². The Morgan fingerprint density at radius 1 is 1.12 bits per heavy atom. The largest absolute Gasteiger partial charge is 0.378 e. The summed E-state index contributed by atoms with van der Waals surface area (Å²) in [5.74, 6) is 0.958. The Balaban J connectivity index is 1.26. The number of hydrogen-bond donors (Lipinski definition) is 1. The zero-order valence-electron chi connectivity index (χ0n) is 18.5. The van der Waals surface area contributed by atoms with Crippen LogP contribution in [-0.4, -0.2) is 51.9 Å². The SMILES string of the molecule is Clc1cc(Cc2cnc3ccc(N4CCOCC4)nn23)cc2sc(NC3CCCCC3)nc12. The third-order valence-electron chi connectivity index (χ3n) is 6.58. The highest BCUT2D eigenvalue weighted by atomic mass is 35.5. The van der Waals surface area contributed by atoms with Gasteiger partial charge in [-0.25, -0.2) is 14.5 Å². The molecule has 9 heteroatoms. The van der Waals surface area contributed by atoms with Crippen LogP contribution in [0.3, 0.4) is 0 Å². The Hall–Kier alpha value is -2.42. The maximum atomic E-state index is 6.66. The number of rotatable bonds is 5. The highest BCUT2D eigenvalue weighted by Crippen LogP contribution is 2.34. The molecule has 0 spiro atoms. The fourth-order valence-electron chi connectivity index (χ4n) is 4.83. The van der Waals surface area contributed by atoms with Gasteiger partial charge in [-0.15, -0.1) is 5.10 Å². The van der Waals surface area contributed by atoms with E-state index in [0.717, 1.165) is 64.4 Å². The first-order chi connectivity index (χ1) is 16.2. The van der Waals surface area contributed by atoms with Gasteiger partial charge in [0.05, 0.1) is 34.8 Å². The van der Waals surface area contributed by atoms with Gasteiger partial charge in [-0.1, -0.05) is 42.2 Å². The summed E-state index contributed by atoms with van der Waals surface area (Å²) in [6.07, 6.45) is 9.01. The van der Waals surface area contributed by atoms with Crippen LogP contribution in [0.2, 0.25) is 5.02 Å². The number of ether oxygens (including phenoxy) is 1. The van der Waals surface area contributed by atoms with Crippen molar-refractivity contribution in [2.75, 3.05) is 36.5 Å². The van der Waals surface area contributed by atoms with E-state index in [9.17, 15) is 0 Å². The molecule has 172 valence electrons. The number of thiazole rings is 1. The van der Waals surface area contributed by atoms with Gasteiger partial charge in [-0.05, 0) is 42.7 Å². The average molecular weight is 483 g/mol. The fraction of sp³-hybridized carbons (Fsp3) is 0.458. The van der Waals surface area contributed by atoms with Crippen LogP contribution in [0.1, 0.15) is 43.4 Å². The molecule has 33 heavy (non-hydrogen) atoms. The molecule has 1 N–H and O–H groups in total. The van der Waals surface area contributed by atoms with Crippen LogP contribution in [0.25, 0.3) is 15.9 Å². The third-order valence-corrected chi connectivity index (χ3v) is 7.80. The third kappa shape index (κ3) is 4.39. The molecule has 6 rings (SSSR count). The van der Waals surface area contributed by atoms with E-state index in [2.05, 4.69) is 21.3 Å². The average Bonchev–Trinajstić information content (AvgIpc) is 3.44. The molecule has 0 amide bonds. The number of nitrogens with one attached hydrogen (secondary N) is 1. The summed E-state index contributed by atoms with van der Waals surface area (Å²) in [5.41, 5.74) is 3.92. The number of aromatic nitrogens is 4. The molecule has 4 aromatic rings. The zero-order valence-corrected chi connectivity index (χ0v) is 20.0. The van der Waals surface area contributed by atoms with E-state index in [0.29, 0.717) is 17.5 Å². The number of benzene rings is 1. The molecule has 1 aliphatic heterocycles. The minimum absolute atomic E-state index is 0.530. The first-order valence-corrected chi connectivity index (χ1v) is 12.9. The molecule has 2 fully saturated rings. The number of anilines is 2. The van der Waals surface area contributed by atoms with Gasteiger partial charge in [0.25, 0.3) is 0 Å². The number of fused-ring (bicyclic) bond motifs is 2. The van der Waals surface area contributed by atoms with Gasteiger partial charge in [-0.2, -0.15) is 0 Å². The van der Waals surface area contributed by atoms with E-state index in [-0.39, 0.29) is 0 Å². The van der Waals surface area contributed by atoms with E-state index in [4.69, 9.17) is 26.4 Å². The van der Waals surface area contributed by atoms with Crippen LogP contribution in [0, 0.1) is 0 Å². The van der Waals surface area contributed by atoms with E-state index < -0.39 is 0 Å². The standard InChI is InChI=1S/C24H27ClN6OS/c25-19-13-16(14-20-23(19)28-24(33-20)27-17-4-2-1-3-5-17)12-18-15-26-21-6-7-22(29-31(18)21)30-8-10-32-11-9-30/h6-7,13-15,17H,1-5,8-12H2,(H,27,28). The Kier molecular flexibility index (Phi) is 5.82. The summed E-state index contributed by atoms with van der Waals surface area (Å²) in [6.45, 7) is 3.19. The smallest absolute Gasteiger partial charge is 0.184 e. The van der Waals surface area contributed by atoms with E-state index >= 15 is 0 Å². The lowest BCUT2D eigenvalue weighted by Gasteiger charge is -2.27. The molecule has 0 atom stereocenters. The highest BCUT2D eigenvalue weighted by Gasteiger charge is 2.18. The molecule has 3 aromatic heterocycles.